The van der Waals surface area contributed by atoms with Crippen molar-refractivity contribution in [3.05, 3.63) is 41.2 Å². The van der Waals surface area contributed by atoms with Crippen molar-refractivity contribution in [2.24, 2.45) is 0 Å². The maximum absolute atomic E-state index is 9.79. The zero-order chi connectivity index (χ0) is 11.5. The van der Waals surface area contributed by atoms with E-state index in [2.05, 4.69) is 22.3 Å². The van der Waals surface area contributed by atoms with Crippen molar-refractivity contribution in [3.63, 3.8) is 0 Å². The van der Waals surface area contributed by atoms with E-state index in [1.54, 1.807) is 12.3 Å². The third kappa shape index (κ3) is 2.21. The molecule has 1 atom stereocenters. The first-order chi connectivity index (χ1) is 7.66. The highest BCUT2D eigenvalue weighted by atomic mass is 16.3. The summed E-state index contributed by atoms with van der Waals surface area (Å²) in [7, 11) is 0. The Morgan fingerprint density at radius 3 is 2.94 bits per heavy atom. The summed E-state index contributed by atoms with van der Waals surface area (Å²) in [6, 6.07) is 5.66. The number of benzene rings is 1. The van der Waals surface area contributed by atoms with E-state index in [-0.39, 0.29) is 5.92 Å². The molecule has 0 aliphatic rings. The van der Waals surface area contributed by atoms with Crippen LogP contribution in [0, 0.1) is 6.92 Å². The second-order valence-corrected chi connectivity index (χ2v) is 4.13. The van der Waals surface area contributed by atoms with Gasteiger partial charge in [-0.1, -0.05) is 24.6 Å². The van der Waals surface area contributed by atoms with Gasteiger partial charge in [0.05, 0.1) is 11.9 Å². The Kier molecular flexibility index (Phi) is 2.90. The van der Waals surface area contributed by atoms with E-state index in [0.29, 0.717) is 5.75 Å². The number of aryl methyl sites for hydroxylation is 1. The molecular formula is C12H15N3O. The van der Waals surface area contributed by atoms with Crippen LogP contribution in [0.5, 0.6) is 5.75 Å². The lowest BCUT2D eigenvalue weighted by Gasteiger charge is -2.12. The van der Waals surface area contributed by atoms with Gasteiger partial charge in [-0.25, -0.2) is 0 Å². The first-order valence-electron chi connectivity index (χ1n) is 5.31. The van der Waals surface area contributed by atoms with Crippen LogP contribution in [-0.4, -0.2) is 20.5 Å². The molecule has 2 N–H and O–H groups in total. The highest BCUT2D eigenvalue weighted by Gasteiger charge is 2.12. The van der Waals surface area contributed by atoms with Crippen LogP contribution in [0.15, 0.2) is 24.4 Å². The average Bonchev–Trinajstić information content (AvgIpc) is 2.74. The van der Waals surface area contributed by atoms with Crippen molar-refractivity contribution in [3.8, 4) is 5.75 Å². The topological polar surface area (TPSA) is 61.8 Å². The minimum absolute atomic E-state index is 0.227. The summed E-state index contributed by atoms with van der Waals surface area (Å²) in [4.78, 5) is 0. The predicted molar refractivity (Wildman–Crippen MR) is 61.3 cm³/mol. The van der Waals surface area contributed by atoms with Crippen LogP contribution in [0.4, 0.5) is 0 Å². The molecule has 1 heterocycles. The number of aromatic amines is 1. The van der Waals surface area contributed by atoms with Gasteiger partial charge >= 0.3 is 0 Å². The summed E-state index contributed by atoms with van der Waals surface area (Å²) in [6.45, 7) is 4.09. The molecule has 4 heteroatoms. The number of hydrogen-bond donors (Lipinski definition) is 2. The number of nitrogens with one attached hydrogen (secondary N) is 1. The number of nitrogens with zero attached hydrogens (tertiary/aromatic N) is 2. The average molecular weight is 217 g/mol. The predicted octanol–water partition coefficient (Wildman–Crippen LogP) is 2.16. The summed E-state index contributed by atoms with van der Waals surface area (Å²) in [6.07, 6.45) is 2.48. The van der Waals surface area contributed by atoms with Crippen LogP contribution in [0.2, 0.25) is 0 Å². The third-order valence-corrected chi connectivity index (χ3v) is 2.69. The first-order valence-corrected chi connectivity index (χ1v) is 5.31. The molecule has 16 heavy (non-hydrogen) atoms. The molecule has 84 valence electrons. The van der Waals surface area contributed by atoms with Gasteiger partial charge in [0.1, 0.15) is 5.75 Å². The molecule has 0 aliphatic carbocycles. The summed E-state index contributed by atoms with van der Waals surface area (Å²) in [5.41, 5.74) is 3.02. The number of rotatable bonds is 3. The van der Waals surface area contributed by atoms with Crippen molar-refractivity contribution in [1.29, 1.82) is 0 Å². The molecule has 1 aromatic heterocycles. The zero-order valence-electron chi connectivity index (χ0n) is 9.44. The lowest BCUT2D eigenvalue weighted by Crippen LogP contribution is -2.00. The van der Waals surface area contributed by atoms with Gasteiger partial charge in [-0.3, -0.25) is 0 Å². The molecule has 0 bridgehead atoms. The second-order valence-electron chi connectivity index (χ2n) is 4.13. The molecule has 0 aliphatic heterocycles. The molecule has 0 saturated carbocycles. The Morgan fingerprint density at radius 1 is 1.44 bits per heavy atom. The van der Waals surface area contributed by atoms with Gasteiger partial charge in [-0.05, 0) is 30.9 Å². The van der Waals surface area contributed by atoms with Crippen LogP contribution < -0.4 is 0 Å². The summed E-state index contributed by atoms with van der Waals surface area (Å²) in [5.74, 6) is 0.576. The van der Waals surface area contributed by atoms with Crippen LogP contribution in [-0.2, 0) is 6.42 Å². The van der Waals surface area contributed by atoms with Gasteiger partial charge in [-0.2, -0.15) is 15.4 Å². The molecule has 4 nitrogen and oxygen atoms in total. The van der Waals surface area contributed by atoms with E-state index in [1.165, 1.54) is 0 Å². The fourth-order valence-electron chi connectivity index (χ4n) is 1.82. The molecule has 1 aromatic carbocycles. The third-order valence-electron chi connectivity index (χ3n) is 2.69. The van der Waals surface area contributed by atoms with Gasteiger partial charge < -0.3 is 5.11 Å². The highest BCUT2D eigenvalue weighted by Crippen LogP contribution is 2.28. The van der Waals surface area contributed by atoms with Crippen LogP contribution in [0.3, 0.4) is 0 Å². The normalized spacial score (nSPS) is 12.6. The standard InChI is InChI=1S/C12H15N3O/c1-8-3-4-12(16)11(5-8)9(2)6-10-7-13-15-14-10/h3-5,7,9,16H,6H2,1-2H3,(H,13,14,15). The molecule has 2 rings (SSSR count). The van der Waals surface area contributed by atoms with E-state index >= 15 is 0 Å². The van der Waals surface area contributed by atoms with Crippen molar-refractivity contribution >= 4 is 0 Å². The Hall–Kier alpha value is -1.84. The van der Waals surface area contributed by atoms with Crippen molar-refractivity contribution in [2.75, 3.05) is 0 Å². The van der Waals surface area contributed by atoms with Gasteiger partial charge in [0, 0.05) is 0 Å². The van der Waals surface area contributed by atoms with Crippen LogP contribution in [0.1, 0.15) is 29.7 Å². The highest BCUT2D eigenvalue weighted by molar-refractivity contribution is 5.38. The number of hydrogen-bond acceptors (Lipinski definition) is 3. The largest absolute Gasteiger partial charge is 0.508 e. The van der Waals surface area contributed by atoms with E-state index in [1.807, 2.05) is 19.1 Å². The fraction of sp³-hybridized carbons (Fsp3) is 0.333. The Bertz CT molecular complexity index is 465. The molecule has 0 spiro atoms. The zero-order valence-corrected chi connectivity index (χ0v) is 9.44. The number of aromatic hydroxyl groups is 1. The van der Waals surface area contributed by atoms with E-state index in [0.717, 1.165) is 23.2 Å². The lowest BCUT2D eigenvalue weighted by molar-refractivity contribution is 0.462. The van der Waals surface area contributed by atoms with Crippen molar-refractivity contribution < 1.29 is 5.11 Å². The molecule has 0 saturated heterocycles. The molecule has 0 amide bonds. The Morgan fingerprint density at radius 2 is 2.25 bits per heavy atom. The van der Waals surface area contributed by atoms with Gasteiger partial charge in [0.2, 0.25) is 0 Å². The minimum atomic E-state index is 0.227. The van der Waals surface area contributed by atoms with E-state index in [9.17, 15) is 5.11 Å². The van der Waals surface area contributed by atoms with Gasteiger partial charge in [-0.15, -0.1) is 0 Å². The van der Waals surface area contributed by atoms with Crippen LogP contribution in [0.25, 0.3) is 0 Å². The number of aromatic nitrogens is 3. The minimum Gasteiger partial charge on any atom is -0.508 e. The fourth-order valence-corrected chi connectivity index (χ4v) is 1.82. The Balaban J connectivity index is 2.20. The van der Waals surface area contributed by atoms with Crippen molar-refractivity contribution in [1.82, 2.24) is 15.4 Å². The Labute approximate surface area is 94.3 Å². The number of phenolic OH excluding ortho intramolecular Hbond substituents is 1. The molecule has 0 fully saturated rings. The summed E-state index contributed by atoms with van der Waals surface area (Å²) < 4.78 is 0. The lowest BCUT2D eigenvalue weighted by atomic mass is 9.94. The molecule has 0 radical (unpaired) electrons. The smallest absolute Gasteiger partial charge is 0.119 e. The molecule has 1 unspecified atom stereocenters. The first kappa shape index (κ1) is 10.7. The summed E-state index contributed by atoms with van der Waals surface area (Å²) >= 11 is 0. The molecular weight excluding hydrogens is 202 g/mol. The van der Waals surface area contributed by atoms with Gasteiger partial charge in [0.15, 0.2) is 0 Å². The number of H-pyrrole nitrogens is 1. The second kappa shape index (κ2) is 4.35. The van der Waals surface area contributed by atoms with Gasteiger partial charge in [0.25, 0.3) is 0 Å². The molecule has 2 aromatic rings. The summed E-state index contributed by atoms with van der Waals surface area (Å²) in [5, 5.41) is 20.2. The van der Waals surface area contributed by atoms with Crippen LogP contribution >= 0.6 is 0 Å². The van der Waals surface area contributed by atoms with E-state index in [4.69, 9.17) is 0 Å². The maximum atomic E-state index is 9.79. The maximum Gasteiger partial charge on any atom is 0.119 e. The van der Waals surface area contributed by atoms with Crippen molar-refractivity contribution in [2.45, 2.75) is 26.2 Å². The van der Waals surface area contributed by atoms with E-state index < -0.39 is 0 Å². The quantitative estimate of drug-likeness (QED) is 0.828. The SMILES string of the molecule is Cc1ccc(O)c(C(C)Cc2cn[nH]n2)c1. The monoisotopic (exact) mass is 217 g/mol. The number of phenols is 1.